The molecule has 6 nitrogen and oxygen atoms in total. The highest BCUT2D eigenvalue weighted by molar-refractivity contribution is 6.00. The summed E-state index contributed by atoms with van der Waals surface area (Å²) in [6.07, 6.45) is 0.267. The number of ether oxygens (including phenoxy) is 1. The lowest BCUT2D eigenvalue weighted by molar-refractivity contribution is -0.126. The highest BCUT2D eigenvalue weighted by Crippen LogP contribution is 2.26. The Morgan fingerprint density at radius 2 is 2.04 bits per heavy atom. The summed E-state index contributed by atoms with van der Waals surface area (Å²) in [4.78, 5) is 28.3. The van der Waals surface area contributed by atoms with Crippen LogP contribution in [0.1, 0.15) is 20.3 Å². The first-order valence-electron chi connectivity index (χ1n) is 8.54. The molecule has 1 saturated heterocycles. The van der Waals surface area contributed by atoms with Crippen molar-refractivity contribution in [3.63, 3.8) is 0 Å². The summed E-state index contributed by atoms with van der Waals surface area (Å²) in [5, 5.41) is 2.93. The molecule has 1 unspecified atom stereocenters. The summed E-state index contributed by atoms with van der Waals surface area (Å²) in [6.45, 7) is 7.41. The molecule has 6 heteroatoms. The summed E-state index contributed by atoms with van der Waals surface area (Å²) in [7, 11) is 2.01. The normalized spacial score (nSPS) is 17.4. The number of nitrogens with one attached hydrogen (secondary N) is 1. The number of benzene rings is 1. The Kier molecular flexibility index (Phi) is 6.61. The van der Waals surface area contributed by atoms with E-state index in [2.05, 4.69) is 17.1 Å². The Morgan fingerprint density at radius 1 is 1.33 bits per heavy atom. The first kappa shape index (κ1) is 18.3. The van der Waals surface area contributed by atoms with Crippen molar-refractivity contribution in [2.75, 3.05) is 44.7 Å². The minimum atomic E-state index is -0.281. The van der Waals surface area contributed by atoms with E-state index in [0.717, 1.165) is 24.5 Å². The molecular weight excluding hydrogens is 306 g/mol. The van der Waals surface area contributed by atoms with Crippen LogP contribution in [0.5, 0.6) is 5.75 Å². The zero-order valence-corrected chi connectivity index (χ0v) is 14.7. The number of carbonyl (C=O) groups excluding carboxylic acids is 2. The average molecular weight is 333 g/mol. The number of carbonyl (C=O) groups is 2. The maximum absolute atomic E-state index is 12.2. The van der Waals surface area contributed by atoms with Crippen LogP contribution in [-0.4, -0.2) is 56.5 Å². The van der Waals surface area contributed by atoms with Crippen LogP contribution in [0.4, 0.5) is 5.69 Å². The van der Waals surface area contributed by atoms with Crippen LogP contribution in [0.3, 0.4) is 0 Å². The molecule has 132 valence electrons. The molecule has 1 aromatic rings. The van der Waals surface area contributed by atoms with Gasteiger partial charge in [-0.15, -0.1) is 0 Å². The van der Waals surface area contributed by atoms with Crippen molar-refractivity contribution < 1.29 is 14.3 Å². The van der Waals surface area contributed by atoms with Crippen LogP contribution in [0, 0.1) is 5.92 Å². The van der Waals surface area contributed by atoms with Crippen LogP contribution in [0.25, 0.3) is 0 Å². The Morgan fingerprint density at radius 3 is 2.67 bits per heavy atom. The zero-order valence-electron chi connectivity index (χ0n) is 14.7. The van der Waals surface area contributed by atoms with Crippen molar-refractivity contribution in [3.8, 4) is 5.75 Å². The van der Waals surface area contributed by atoms with E-state index in [4.69, 9.17) is 4.74 Å². The van der Waals surface area contributed by atoms with E-state index in [1.54, 1.807) is 4.90 Å². The SMILES string of the molecule is CCOc1ccc(N2CC(C(=O)NCCN(C)CC)CC2=O)cc1. The number of hydrogen-bond acceptors (Lipinski definition) is 4. The van der Waals surface area contributed by atoms with Gasteiger partial charge in [-0.1, -0.05) is 6.92 Å². The van der Waals surface area contributed by atoms with Crippen molar-refractivity contribution in [2.45, 2.75) is 20.3 Å². The van der Waals surface area contributed by atoms with Gasteiger partial charge in [-0.3, -0.25) is 9.59 Å². The third kappa shape index (κ3) is 4.71. The molecule has 2 rings (SSSR count). The Hall–Kier alpha value is -2.08. The molecule has 1 fully saturated rings. The summed E-state index contributed by atoms with van der Waals surface area (Å²) in [5.41, 5.74) is 0.810. The molecule has 0 aliphatic carbocycles. The first-order chi connectivity index (χ1) is 11.5. The number of hydrogen-bond donors (Lipinski definition) is 1. The molecule has 1 atom stereocenters. The molecular formula is C18H27N3O3. The molecule has 1 aromatic carbocycles. The van der Waals surface area contributed by atoms with Crippen molar-refractivity contribution in [2.24, 2.45) is 5.92 Å². The molecule has 0 bridgehead atoms. The number of anilines is 1. The third-order valence-corrected chi connectivity index (χ3v) is 4.29. The van der Waals surface area contributed by atoms with Crippen LogP contribution in [0.15, 0.2) is 24.3 Å². The molecule has 2 amide bonds. The third-order valence-electron chi connectivity index (χ3n) is 4.29. The van der Waals surface area contributed by atoms with Crippen molar-refractivity contribution in [1.29, 1.82) is 0 Å². The number of likely N-dealkylation sites (N-methyl/N-ethyl adjacent to an activating group) is 1. The van der Waals surface area contributed by atoms with Gasteiger partial charge in [-0.2, -0.15) is 0 Å². The van der Waals surface area contributed by atoms with Gasteiger partial charge < -0.3 is 19.9 Å². The minimum absolute atomic E-state index is 0.00927. The zero-order chi connectivity index (χ0) is 17.5. The van der Waals surface area contributed by atoms with E-state index in [9.17, 15) is 9.59 Å². The van der Waals surface area contributed by atoms with E-state index in [0.29, 0.717) is 19.7 Å². The van der Waals surface area contributed by atoms with E-state index in [-0.39, 0.29) is 24.2 Å². The molecule has 0 aromatic heterocycles. The second-order valence-electron chi connectivity index (χ2n) is 6.02. The largest absolute Gasteiger partial charge is 0.494 e. The Balaban J connectivity index is 1.89. The van der Waals surface area contributed by atoms with Crippen LogP contribution >= 0.6 is 0 Å². The van der Waals surface area contributed by atoms with E-state index in [1.807, 2.05) is 38.2 Å². The molecule has 0 saturated carbocycles. The van der Waals surface area contributed by atoms with Gasteiger partial charge in [0.2, 0.25) is 11.8 Å². The number of rotatable bonds is 8. The molecule has 1 aliphatic rings. The van der Waals surface area contributed by atoms with Crippen LogP contribution < -0.4 is 15.0 Å². The standard InChI is InChI=1S/C18H27N3O3/c1-4-20(3)11-10-19-18(23)14-12-17(22)21(13-14)15-6-8-16(9-7-15)24-5-2/h6-9,14H,4-5,10-13H2,1-3H3,(H,19,23). The number of nitrogens with zero attached hydrogens (tertiary/aromatic N) is 2. The smallest absolute Gasteiger partial charge is 0.227 e. The lowest BCUT2D eigenvalue weighted by atomic mass is 10.1. The first-order valence-corrected chi connectivity index (χ1v) is 8.54. The van der Waals surface area contributed by atoms with E-state index >= 15 is 0 Å². The topological polar surface area (TPSA) is 61.9 Å². The summed E-state index contributed by atoms with van der Waals surface area (Å²) in [5.74, 6) is 0.449. The maximum atomic E-state index is 12.2. The lowest BCUT2D eigenvalue weighted by Crippen LogP contribution is -2.37. The molecule has 1 aliphatic heterocycles. The molecule has 0 radical (unpaired) electrons. The summed E-state index contributed by atoms with van der Waals surface area (Å²) >= 11 is 0. The van der Waals surface area contributed by atoms with Gasteiger partial charge in [-0.25, -0.2) is 0 Å². The monoisotopic (exact) mass is 333 g/mol. The van der Waals surface area contributed by atoms with E-state index in [1.165, 1.54) is 0 Å². The van der Waals surface area contributed by atoms with Crippen molar-refractivity contribution >= 4 is 17.5 Å². The molecule has 1 N–H and O–H groups in total. The van der Waals surface area contributed by atoms with Crippen molar-refractivity contribution in [1.82, 2.24) is 10.2 Å². The average Bonchev–Trinajstić information content (AvgIpc) is 2.97. The van der Waals surface area contributed by atoms with Gasteiger partial charge in [0.05, 0.1) is 12.5 Å². The predicted molar refractivity (Wildman–Crippen MR) is 94.3 cm³/mol. The summed E-state index contributed by atoms with van der Waals surface area (Å²) in [6, 6.07) is 7.42. The minimum Gasteiger partial charge on any atom is -0.494 e. The Bertz CT molecular complexity index is 559. The molecule has 0 spiro atoms. The van der Waals surface area contributed by atoms with Gasteiger partial charge in [0.1, 0.15) is 5.75 Å². The second kappa shape index (κ2) is 8.68. The fourth-order valence-electron chi connectivity index (χ4n) is 2.69. The second-order valence-corrected chi connectivity index (χ2v) is 6.02. The number of amides is 2. The van der Waals surface area contributed by atoms with Crippen LogP contribution in [-0.2, 0) is 9.59 Å². The van der Waals surface area contributed by atoms with E-state index < -0.39 is 0 Å². The molecule has 1 heterocycles. The fraction of sp³-hybridized carbons (Fsp3) is 0.556. The maximum Gasteiger partial charge on any atom is 0.227 e. The van der Waals surface area contributed by atoms with Crippen LogP contribution in [0.2, 0.25) is 0 Å². The highest BCUT2D eigenvalue weighted by atomic mass is 16.5. The lowest BCUT2D eigenvalue weighted by Gasteiger charge is -2.18. The van der Waals surface area contributed by atoms with Gasteiger partial charge in [0.15, 0.2) is 0 Å². The predicted octanol–water partition coefficient (Wildman–Crippen LogP) is 1.51. The van der Waals surface area contributed by atoms with Gasteiger partial charge in [0, 0.05) is 31.7 Å². The fourth-order valence-corrected chi connectivity index (χ4v) is 2.69. The quantitative estimate of drug-likeness (QED) is 0.783. The molecule has 24 heavy (non-hydrogen) atoms. The highest BCUT2D eigenvalue weighted by Gasteiger charge is 2.34. The Labute approximate surface area is 143 Å². The summed E-state index contributed by atoms with van der Waals surface area (Å²) < 4.78 is 5.41. The van der Waals surface area contributed by atoms with Gasteiger partial charge >= 0.3 is 0 Å². The van der Waals surface area contributed by atoms with Crippen molar-refractivity contribution in [3.05, 3.63) is 24.3 Å². The van der Waals surface area contributed by atoms with Gasteiger partial charge in [-0.05, 0) is 44.8 Å². The van der Waals surface area contributed by atoms with Gasteiger partial charge in [0.25, 0.3) is 0 Å².